The van der Waals surface area contributed by atoms with Gasteiger partial charge in [0.15, 0.2) is 0 Å². The fraction of sp³-hybridized carbons (Fsp3) is 0.850. The summed E-state index contributed by atoms with van der Waals surface area (Å²) in [6.07, 6.45) is 8.21. The molecule has 0 aromatic carbocycles. The maximum absolute atomic E-state index is 12.9. The number of alkyl halides is 6. The predicted octanol–water partition coefficient (Wildman–Crippen LogP) is 8.17. The fourth-order valence-corrected chi connectivity index (χ4v) is 10.0. The van der Waals surface area contributed by atoms with Crippen molar-refractivity contribution in [1.82, 2.24) is 5.32 Å². The molecule has 324 valence electrons. The first-order valence-corrected chi connectivity index (χ1v) is 20.1. The van der Waals surface area contributed by atoms with Crippen LogP contribution in [0.5, 0.6) is 0 Å². The van der Waals surface area contributed by atoms with Gasteiger partial charge in [0.25, 0.3) is 0 Å². The summed E-state index contributed by atoms with van der Waals surface area (Å²) in [5, 5.41) is 17.0. The van der Waals surface area contributed by atoms with Gasteiger partial charge in [-0.1, -0.05) is 72.0 Å². The molecule has 4 aliphatic rings. The molecule has 3 saturated carbocycles. The zero-order valence-electron chi connectivity index (χ0n) is 33.7. The molecule has 16 heteroatoms. The van der Waals surface area contributed by atoms with Crippen molar-refractivity contribution in [2.45, 2.75) is 162 Å². The van der Waals surface area contributed by atoms with E-state index in [1.54, 1.807) is 6.92 Å². The predicted molar refractivity (Wildman–Crippen MR) is 199 cm³/mol. The van der Waals surface area contributed by atoms with Gasteiger partial charge in [-0.2, -0.15) is 26.3 Å². The molecule has 7 N–H and O–H groups in total. The van der Waals surface area contributed by atoms with Crippen LogP contribution in [0.15, 0.2) is 11.6 Å². The number of carbonyl (C=O) groups excluding carboxylic acids is 2. The van der Waals surface area contributed by atoms with E-state index in [9.17, 15) is 35.9 Å². The highest BCUT2D eigenvalue weighted by atomic mass is 19.4. The Labute approximate surface area is 327 Å². The summed E-state index contributed by atoms with van der Waals surface area (Å²) >= 11 is 0. The molecule has 3 fully saturated rings. The van der Waals surface area contributed by atoms with E-state index in [1.807, 2.05) is 0 Å². The van der Waals surface area contributed by atoms with Crippen molar-refractivity contribution in [2.75, 3.05) is 6.54 Å². The van der Waals surface area contributed by atoms with E-state index in [-0.39, 0.29) is 23.4 Å². The second-order valence-electron chi connectivity index (χ2n) is 17.3. The Balaban J connectivity index is 0.000000657. The van der Waals surface area contributed by atoms with Crippen LogP contribution in [0, 0.1) is 46.3 Å². The number of hydrogen-bond donors (Lipinski definition) is 5. The zero-order chi connectivity index (χ0) is 42.8. The molecular weight excluding hydrogens is 748 g/mol. The molecule has 0 bridgehead atoms. The minimum atomic E-state index is -5.08. The van der Waals surface area contributed by atoms with E-state index in [1.165, 1.54) is 56.9 Å². The lowest BCUT2D eigenvalue weighted by molar-refractivity contribution is -0.193. The molecule has 0 radical (unpaired) electrons. The van der Waals surface area contributed by atoms with Crippen LogP contribution in [0.25, 0.3) is 0 Å². The van der Waals surface area contributed by atoms with Crippen LogP contribution >= 0.6 is 0 Å². The number of carboxylic acids is 2. The average Bonchev–Trinajstić information content (AvgIpc) is 3.45. The Morgan fingerprint density at radius 3 is 1.98 bits per heavy atom. The van der Waals surface area contributed by atoms with Gasteiger partial charge in [-0.25, -0.2) is 14.4 Å². The molecule has 0 aromatic heterocycles. The fourth-order valence-electron chi connectivity index (χ4n) is 10.0. The number of nitrogens with one attached hydrogen (secondary N) is 1. The van der Waals surface area contributed by atoms with E-state index in [0.717, 1.165) is 67.6 Å². The first-order chi connectivity index (χ1) is 25.8. The van der Waals surface area contributed by atoms with Gasteiger partial charge >= 0.3 is 30.3 Å². The molecular formula is C40H65F6N3O7. The molecule has 0 heterocycles. The lowest BCUT2D eigenvalue weighted by Crippen LogP contribution is -2.51. The monoisotopic (exact) mass is 813 g/mol. The van der Waals surface area contributed by atoms with Gasteiger partial charge in [0, 0.05) is 6.42 Å². The quantitative estimate of drug-likeness (QED) is 0.0530. The number of esters is 1. The van der Waals surface area contributed by atoms with Crippen molar-refractivity contribution in [1.29, 1.82) is 0 Å². The number of carbonyl (C=O) groups is 4. The van der Waals surface area contributed by atoms with E-state index in [2.05, 4.69) is 46.0 Å². The first-order valence-electron chi connectivity index (χ1n) is 20.1. The van der Waals surface area contributed by atoms with E-state index in [0.29, 0.717) is 18.4 Å². The number of halogens is 6. The third kappa shape index (κ3) is 13.3. The molecule has 10 nitrogen and oxygen atoms in total. The molecule has 0 saturated heterocycles. The van der Waals surface area contributed by atoms with Gasteiger partial charge in [0.05, 0.1) is 6.04 Å². The van der Waals surface area contributed by atoms with Crippen molar-refractivity contribution >= 4 is 23.8 Å². The number of amides is 1. The van der Waals surface area contributed by atoms with Crippen molar-refractivity contribution in [3.63, 3.8) is 0 Å². The molecule has 0 aliphatic heterocycles. The number of carboxylic acid groups (broad SMARTS) is 2. The standard InChI is InChI=1S/C36H63N3O3.2C2HF3O2/c1-23(2)10-9-11-24(3)29-15-16-30-28-14-13-26-22-27(17-19-35(26,5)31(28)18-20-36(29,30)6)42-34(41)25(4)39-33(40)32(38)12-7-8-21-37;2*3-2(4,5)1(6)7/h13,23-25,27-32H,7-12,14-22,37-38H2,1-6H3,(H,39,40);2*(H,6,7)/t24-,25+,27?,28?,29-,30?,31?,32?,35+,36-;;/m1../s1. The number of aliphatic carboxylic acids is 2. The summed E-state index contributed by atoms with van der Waals surface area (Å²) in [7, 11) is 0. The highest BCUT2D eigenvalue weighted by molar-refractivity contribution is 5.87. The number of hydrogen-bond acceptors (Lipinski definition) is 7. The first kappa shape index (κ1) is 49.3. The Bertz CT molecular complexity index is 1330. The molecule has 0 spiro atoms. The molecule has 4 aliphatic carbocycles. The van der Waals surface area contributed by atoms with E-state index < -0.39 is 36.4 Å². The van der Waals surface area contributed by atoms with Crippen molar-refractivity contribution < 1.29 is 60.5 Å². The van der Waals surface area contributed by atoms with Crippen LogP contribution in [0.4, 0.5) is 26.3 Å². The van der Waals surface area contributed by atoms with Crippen LogP contribution in [0.1, 0.15) is 131 Å². The van der Waals surface area contributed by atoms with Gasteiger partial charge in [0.2, 0.25) is 5.91 Å². The lowest BCUT2D eigenvalue weighted by atomic mass is 9.47. The van der Waals surface area contributed by atoms with Crippen molar-refractivity contribution in [3.05, 3.63) is 11.6 Å². The van der Waals surface area contributed by atoms with E-state index in [4.69, 9.17) is 36.0 Å². The molecule has 1 amide bonds. The normalized spacial score (nSPS) is 30.0. The number of allylic oxidation sites excluding steroid dienone is 1. The summed E-state index contributed by atoms with van der Waals surface area (Å²) in [6.45, 7) is 14.7. The van der Waals surface area contributed by atoms with Crippen LogP contribution in [0.3, 0.4) is 0 Å². The highest BCUT2D eigenvalue weighted by Crippen LogP contribution is 2.67. The second-order valence-corrected chi connectivity index (χ2v) is 17.3. The highest BCUT2D eigenvalue weighted by Gasteiger charge is 2.59. The van der Waals surface area contributed by atoms with Crippen LogP contribution in [0.2, 0.25) is 0 Å². The minimum absolute atomic E-state index is 0.109. The third-order valence-corrected chi connectivity index (χ3v) is 13.0. The second kappa shape index (κ2) is 20.7. The topological polar surface area (TPSA) is 182 Å². The summed E-state index contributed by atoms with van der Waals surface area (Å²) in [6, 6.07) is -1.32. The lowest BCUT2D eigenvalue weighted by Gasteiger charge is -2.58. The summed E-state index contributed by atoms with van der Waals surface area (Å²) in [5.41, 5.74) is 13.8. The Morgan fingerprint density at radius 2 is 1.45 bits per heavy atom. The number of fused-ring (bicyclic) bond motifs is 5. The van der Waals surface area contributed by atoms with Gasteiger partial charge in [0.1, 0.15) is 12.1 Å². The van der Waals surface area contributed by atoms with Crippen LogP contribution in [-0.4, -0.2) is 71.1 Å². The minimum Gasteiger partial charge on any atom is -0.475 e. The van der Waals surface area contributed by atoms with Crippen molar-refractivity contribution in [3.8, 4) is 0 Å². The maximum Gasteiger partial charge on any atom is 0.490 e. The number of unbranched alkanes of at least 4 members (excludes halogenated alkanes) is 1. The summed E-state index contributed by atoms with van der Waals surface area (Å²) in [4.78, 5) is 43.2. The SMILES string of the molecule is CC(C)CCC[C@@H](C)[C@H]1CCC2C3CC=C4CC(OC(=O)[C@H](C)NC(=O)C(N)CCCCN)CC[C@]4(C)C3CC[C@@]21C.O=C(O)C(F)(F)F.O=C(O)C(F)(F)F. The summed E-state index contributed by atoms with van der Waals surface area (Å²) in [5.74, 6) is -1.23. The molecule has 4 rings (SSSR count). The Morgan fingerprint density at radius 1 is 0.857 bits per heavy atom. The molecule has 56 heavy (non-hydrogen) atoms. The van der Waals surface area contributed by atoms with Crippen molar-refractivity contribution in [2.24, 2.45) is 57.8 Å². The van der Waals surface area contributed by atoms with E-state index >= 15 is 0 Å². The number of nitrogens with two attached hydrogens (primary N) is 2. The zero-order valence-corrected chi connectivity index (χ0v) is 33.7. The van der Waals surface area contributed by atoms with Gasteiger partial charge in [-0.05, 0) is 118 Å². The maximum atomic E-state index is 12.9. The van der Waals surface area contributed by atoms with Crippen LogP contribution < -0.4 is 16.8 Å². The van der Waals surface area contributed by atoms with Crippen LogP contribution in [-0.2, 0) is 23.9 Å². The Hall–Kier alpha value is -2.88. The Kier molecular flexibility index (Phi) is 18.2. The van der Waals surface area contributed by atoms with Gasteiger partial charge in [-0.15, -0.1) is 0 Å². The van der Waals surface area contributed by atoms with Gasteiger partial charge < -0.3 is 31.7 Å². The smallest absolute Gasteiger partial charge is 0.475 e. The molecule has 0 aromatic rings. The molecule has 10 atom stereocenters. The average molecular weight is 814 g/mol. The molecule has 5 unspecified atom stereocenters. The third-order valence-electron chi connectivity index (χ3n) is 13.0. The van der Waals surface area contributed by atoms with Gasteiger partial charge in [-0.3, -0.25) is 4.79 Å². The number of rotatable bonds is 13. The largest absolute Gasteiger partial charge is 0.490 e. The number of ether oxygens (including phenoxy) is 1. The summed E-state index contributed by atoms with van der Waals surface area (Å²) < 4.78 is 69.5.